The van der Waals surface area contributed by atoms with Crippen molar-refractivity contribution in [2.24, 2.45) is 0 Å². The zero-order valence-corrected chi connectivity index (χ0v) is 13.8. The molecule has 0 N–H and O–H groups in total. The summed E-state index contributed by atoms with van der Waals surface area (Å²) in [5.74, 6) is -0.202. The monoisotopic (exact) mass is 320 g/mol. The van der Waals surface area contributed by atoms with E-state index < -0.39 is 0 Å². The Morgan fingerprint density at radius 3 is 2.82 bits per heavy atom. The van der Waals surface area contributed by atoms with Crippen LogP contribution >= 0.6 is 11.3 Å². The summed E-state index contributed by atoms with van der Waals surface area (Å²) < 4.78 is 18.9. The molecule has 2 heterocycles. The van der Waals surface area contributed by atoms with Gasteiger partial charge in [0.1, 0.15) is 5.82 Å². The third-order valence-electron chi connectivity index (χ3n) is 4.20. The van der Waals surface area contributed by atoms with Crippen LogP contribution in [0.15, 0.2) is 29.6 Å². The van der Waals surface area contributed by atoms with Crippen molar-refractivity contribution in [2.75, 3.05) is 13.7 Å². The lowest BCUT2D eigenvalue weighted by molar-refractivity contribution is -0.0251. The van der Waals surface area contributed by atoms with E-state index in [9.17, 15) is 4.39 Å². The molecule has 0 amide bonds. The van der Waals surface area contributed by atoms with E-state index >= 15 is 0 Å². The number of hydrogen-bond acceptors (Lipinski definition) is 4. The van der Waals surface area contributed by atoms with Gasteiger partial charge in [-0.05, 0) is 44.5 Å². The zero-order chi connectivity index (χ0) is 15.5. The molecule has 1 aromatic heterocycles. The van der Waals surface area contributed by atoms with Gasteiger partial charge in [-0.2, -0.15) is 0 Å². The summed E-state index contributed by atoms with van der Waals surface area (Å²) in [5.41, 5.74) is 2.19. The van der Waals surface area contributed by atoms with E-state index in [0.717, 1.165) is 42.3 Å². The second-order valence-electron chi connectivity index (χ2n) is 5.86. The fourth-order valence-corrected chi connectivity index (χ4v) is 3.56. The Hall–Kier alpha value is -1.30. The first-order valence-corrected chi connectivity index (χ1v) is 8.48. The molecular weight excluding hydrogens is 299 g/mol. The van der Waals surface area contributed by atoms with Crippen molar-refractivity contribution in [1.82, 2.24) is 9.88 Å². The van der Waals surface area contributed by atoms with E-state index in [1.165, 1.54) is 12.1 Å². The van der Waals surface area contributed by atoms with Gasteiger partial charge in [0.2, 0.25) is 0 Å². The van der Waals surface area contributed by atoms with Crippen molar-refractivity contribution < 1.29 is 9.13 Å². The minimum Gasteiger partial charge on any atom is -0.373 e. The van der Waals surface area contributed by atoms with E-state index in [4.69, 9.17) is 4.74 Å². The third kappa shape index (κ3) is 3.72. The van der Waals surface area contributed by atoms with Crippen LogP contribution in [-0.2, 0) is 11.3 Å². The molecular formula is C17H21FN2OS. The van der Waals surface area contributed by atoms with Gasteiger partial charge < -0.3 is 4.74 Å². The standard InChI is InChI=1S/C17H21FN2OS/c1-12-19-15(11-22-12)10-20(2)16-7-8-21-17(9-16)13-3-5-14(18)6-4-13/h3-6,11,16-17H,7-10H2,1-2H3. The van der Waals surface area contributed by atoms with Crippen molar-refractivity contribution in [1.29, 1.82) is 0 Å². The van der Waals surface area contributed by atoms with Crippen molar-refractivity contribution in [3.05, 3.63) is 51.7 Å². The Kier molecular flexibility index (Phi) is 4.86. The zero-order valence-electron chi connectivity index (χ0n) is 13.0. The highest BCUT2D eigenvalue weighted by Crippen LogP contribution is 2.30. The van der Waals surface area contributed by atoms with Gasteiger partial charge in [0.25, 0.3) is 0 Å². The van der Waals surface area contributed by atoms with Gasteiger partial charge in [-0.3, -0.25) is 4.90 Å². The molecule has 0 radical (unpaired) electrons. The number of thiazole rings is 1. The number of rotatable bonds is 4. The maximum absolute atomic E-state index is 13.0. The Labute approximate surface area is 134 Å². The van der Waals surface area contributed by atoms with Crippen LogP contribution in [0.25, 0.3) is 0 Å². The first-order chi connectivity index (χ1) is 10.6. The maximum atomic E-state index is 13.0. The average Bonchev–Trinajstić information content (AvgIpc) is 2.93. The van der Waals surface area contributed by atoms with Crippen molar-refractivity contribution in [3.63, 3.8) is 0 Å². The molecule has 2 aromatic rings. The smallest absolute Gasteiger partial charge is 0.123 e. The van der Waals surface area contributed by atoms with Crippen LogP contribution in [0.2, 0.25) is 0 Å². The first kappa shape index (κ1) is 15.6. The van der Waals surface area contributed by atoms with Crippen LogP contribution in [0, 0.1) is 12.7 Å². The summed E-state index contributed by atoms with van der Waals surface area (Å²) in [5, 5.41) is 3.24. The summed E-state index contributed by atoms with van der Waals surface area (Å²) in [4.78, 5) is 6.89. The Morgan fingerprint density at radius 1 is 1.36 bits per heavy atom. The normalized spacial score (nSPS) is 22.2. The van der Waals surface area contributed by atoms with Gasteiger partial charge in [0.05, 0.1) is 16.8 Å². The van der Waals surface area contributed by atoms with Gasteiger partial charge in [-0.1, -0.05) is 12.1 Å². The number of ether oxygens (including phenoxy) is 1. The lowest BCUT2D eigenvalue weighted by atomic mass is 9.96. The fourth-order valence-electron chi connectivity index (χ4n) is 2.95. The van der Waals surface area contributed by atoms with Gasteiger partial charge in [-0.15, -0.1) is 11.3 Å². The van der Waals surface area contributed by atoms with Crippen LogP contribution in [0.4, 0.5) is 4.39 Å². The second kappa shape index (κ2) is 6.86. The molecule has 0 aliphatic carbocycles. The molecule has 1 saturated heterocycles. The predicted molar refractivity (Wildman–Crippen MR) is 86.4 cm³/mol. The highest BCUT2D eigenvalue weighted by molar-refractivity contribution is 7.09. The largest absolute Gasteiger partial charge is 0.373 e. The fraction of sp³-hybridized carbons (Fsp3) is 0.471. The quantitative estimate of drug-likeness (QED) is 0.853. The van der Waals surface area contributed by atoms with E-state index in [-0.39, 0.29) is 11.9 Å². The molecule has 0 spiro atoms. The molecule has 1 fully saturated rings. The van der Waals surface area contributed by atoms with Gasteiger partial charge in [0.15, 0.2) is 0 Å². The molecule has 3 nitrogen and oxygen atoms in total. The lowest BCUT2D eigenvalue weighted by Gasteiger charge is -2.35. The summed E-state index contributed by atoms with van der Waals surface area (Å²) in [6, 6.07) is 7.12. The number of hydrogen-bond donors (Lipinski definition) is 0. The molecule has 3 rings (SSSR count). The van der Waals surface area contributed by atoms with Gasteiger partial charge >= 0.3 is 0 Å². The van der Waals surface area contributed by atoms with Gasteiger partial charge in [-0.25, -0.2) is 9.37 Å². The molecule has 2 unspecified atom stereocenters. The van der Waals surface area contributed by atoms with E-state index in [2.05, 4.69) is 22.3 Å². The Bertz CT molecular complexity index is 613. The molecule has 5 heteroatoms. The van der Waals surface area contributed by atoms with E-state index in [1.807, 2.05) is 19.1 Å². The number of aryl methyl sites for hydroxylation is 1. The third-order valence-corrected chi connectivity index (χ3v) is 5.02. The van der Waals surface area contributed by atoms with E-state index in [1.54, 1.807) is 11.3 Å². The number of benzene rings is 1. The molecule has 118 valence electrons. The van der Waals surface area contributed by atoms with Crippen molar-refractivity contribution >= 4 is 11.3 Å². The number of aromatic nitrogens is 1. The summed E-state index contributed by atoms with van der Waals surface area (Å²) in [7, 11) is 2.15. The predicted octanol–water partition coefficient (Wildman–Crippen LogP) is 3.94. The average molecular weight is 320 g/mol. The molecule has 0 saturated carbocycles. The molecule has 2 atom stereocenters. The van der Waals surface area contributed by atoms with E-state index in [0.29, 0.717) is 6.04 Å². The minimum absolute atomic E-state index is 0.0546. The SMILES string of the molecule is Cc1nc(CN(C)C2CCOC(c3ccc(F)cc3)C2)cs1. The molecule has 1 aromatic carbocycles. The Balaban J connectivity index is 1.63. The van der Waals surface area contributed by atoms with Crippen LogP contribution < -0.4 is 0 Å². The second-order valence-corrected chi connectivity index (χ2v) is 6.92. The van der Waals surface area contributed by atoms with Crippen LogP contribution in [0.1, 0.15) is 35.2 Å². The topological polar surface area (TPSA) is 25.4 Å². The van der Waals surface area contributed by atoms with Crippen LogP contribution in [0.5, 0.6) is 0 Å². The highest BCUT2D eigenvalue weighted by atomic mass is 32.1. The first-order valence-electron chi connectivity index (χ1n) is 7.60. The summed E-state index contributed by atoms with van der Waals surface area (Å²) in [6.45, 7) is 3.64. The number of halogens is 1. The number of nitrogens with zero attached hydrogens (tertiary/aromatic N) is 2. The lowest BCUT2D eigenvalue weighted by Crippen LogP contribution is -2.37. The summed E-state index contributed by atoms with van der Waals surface area (Å²) >= 11 is 1.69. The molecule has 1 aliphatic heterocycles. The Morgan fingerprint density at radius 2 is 2.14 bits per heavy atom. The molecule has 0 bridgehead atoms. The van der Waals surface area contributed by atoms with Crippen molar-refractivity contribution in [3.8, 4) is 0 Å². The van der Waals surface area contributed by atoms with Crippen molar-refractivity contribution in [2.45, 2.75) is 38.5 Å². The van der Waals surface area contributed by atoms with Gasteiger partial charge in [0, 0.05) is 24.6 Å². The molecule has 22 heavy (non-hydrogen) atoms. The highest BCUT2D eigenvalue weighted by Gasteiger charge is 2.26. The summed E-state index contributed by atoms with van der Waals surface area (Å²) in [6.07, 6.45) is 2.02. The maximum Gasteiger partial charge on any atom is 0.123 e. The minimum atomic E-state index is -0.202. The van der Waals surface area contributed by atoms with Crippen LogP contribution in [-0.4, -0.2) is 29.6 Å². The molecule has 1 aliphatic rings. The van der Waals surface area contributed by atoms with Crippen LogP contribution in [0.3, 0.4) is 0 Å².